The van der Waals surface area contributed by atoms with Gasteiger partial charge in [-0.05, 0) is 94.3 Å². The number of methoxy groups -OCH3 is 2. The molecule has 0 bridgehead atoms. The van der Waals surface area contributed by atoms with Gasteiger partial charge in [0.05, 0.1) is 44.3 Å². The highest BCUT2D eigenvalue weighted by atomic mass is 32.2. The normalized spacial score (nSPS) is 20.1. The van der Waals surface area contributed by atoms with Gasteiger partial charge in [0.2, 0.25) is 15.7 Å². The molecule has 0 saturated carbocycles. The lowest BCUT2D eigenvalue weighted by molar-refractivity contribution is -0.438. The second kappa shape index (κ2) is 21.4. The zero-order valence-corrected chi connectivity index (χ0v) is 39.0. The molecule has 2 unspecified atom stereocenters. The van der Waals surface area contributed by atoms with Gasteiger partial charge in [0.25, 0.3) is 10.1 Å². The monoisotopic (exact) mass is 958 g/mol. The van der Waals surface area contributed by atoms with Crippen LogP contribution in [-0.4, -0.2) is 127 Å². The van der Waals surface area contributed by atoms with Crippen LogP contribution >= 0.6 is 0 Å². The first-order chi connectivity index (χ1) is 29.4. The molecule has 0 saturated heterocycles. The van der Waals surface area contributed by atoms with E-state index in [4.69, 9.17) is 14.6 Å². The molecule has 0 radical (unpaired) electrons. The quantitative estimate of drug-likeness (QED) is 0.0521. The standard InChI is InChI=1S/C41H57N3O15S4/c1-40(20-11-27-60(47,48)49)33-29-31(62(53,54)42-22-25-58-3)16-18-36(33)44(24-26-59-4)38(40)14-8-5-7-13-37-41(2,21-12-28-61(50,51)52)34-30-32(63(55,56)57)17-19-35(34)43(37)23-10-6-9-15-39(45)46/h5,7-8,13-14,16-19,29-30,42H,6,9-12,15,20-28H2,1-4H3,(H3-,45,46,47,48,49,50,51,52,55,56,57)/p-1. The first-order valence-corrected chi connectivity index (χ1v) is 26.3. The summed E-state index contributed by atoms with van der Waals surface area (Å²) in [6.07, 6.45) is 10.4. The van der Waals surface area contributed by atoms with E-state index in [1.165, 1.54) is 38.5 Å². The Hall–Kier alpha value is -3.84. The number of carbonyl (C=O) groups is 1. The molecule has 63 heavy (non-hydrogen) atoms. The molecule has 2 aromatic rings. The lowest BCUT2D eigenvalue weighted by atomic mass is 9.76. The summed E-state index contributed by atoms with van der Waals surface area (Å²) >= 11 is 0. The number of anilines is 1. The average molecular weight is 959 g/mol. The molecule has 2 atom stereocenters. The summed E-state index contributed by atoms with van der Waals surface area (Å²) in [4.78, 5) is 12.6. The van der Waals surface area contributed by atoms with Crippen molar-refractivity contribution in [1.82, 2.24) is 4.72 Å². The highest BCUT2D eigenvalue weighted by Crippen LogP contribution is 2.51. The molecule has 0 amide bonds. The Kier molecular flexibility index (Phi) is 17.6. The van der Waals surface area contributed by atoms with E-state index in [1.807, 2.05) is 16.4 Å². The number of aliphatic carboxylic acids is 1. The van der Waals surface area contributed by atoms with Gasteiger partial charge in [0, 0.05) is 80.4 Å². The lowest BCUT2D eigenvalue weighted by Gasteiger charge is -2.30. The predicted octanol–water partition coefficient (Wildman–Crippen LogP) is 3.93. The zero-order valence-electron chi connectivity index (χ0n) is 35.7. The van der Waals surface area contributed by atoms with Crippen LogP contribution in [0.4, 0.5) is 11.4 Å². The number of fused-ring (bicyclic) bond motifs is 2. The van der Waals surface area contributed by atoms with Crippen molar-refractivity contribution < 1.29 is 71.3 Å². The fourth-order valence-corrected chi connectivity index (χ4v) is 10.8. The van der Waals surface area contributed by atoms with E-state index in [9.17, 15) is 52.1 Å². The third-order valence-corrected chi connectivity index (χ3v) is 15.2. The number of sulfonamides is 1. The van der Waals surface area contributed by atoms with E-state index >= 15 is 0 Å². The minimum atomic E-state index is -4.89. The maximum Gasteiger partial charge on any atom is 0.303 e. The lowest BCUT2D eigenvalue weighted by Crippen LogP contribution is -2.32. The maximum atomic E-state index is 13.3. The van der Waals surface area contributed by atoms with Gasteiger partial charge < -0.3 is 28.6 Å². The van der Waals surface area contributed by atoms with Crippen molar-refractivity contribution in [2.75, 3.05) is 63.5 Å². The summed E-state index contributed by atoms with van der Waals surface area (Å²) in [7, 11) is -14.8. The van der Waals surface area contributed by atoms with Crippen LogP contribution < -0.4 is 9.62 Å². The van der Waals surface area contributed by atoms with Gasteiger partial charge in [-0.15, -0.1) is 0 Å². The van der Waals surface area contributed by atoms with Crippen molar-refractivity contribution >= 4 is 63.4 Å². The van der Waals surface area contributed by atoms with E-state index in [1.54, 1.807) is 49.4 Å². The van der Waals surface area contributed by atoms with Crippen LogP contribution in [0.25, 0.3) is 0 Å². The third kappa shape index (κ3) is 13.6. The van der Waals surface area contributed by atoms with Gasteiger partial charge in [0.1, 0.15) is 16.7 Å². The van der Waals surface area contributed by atoms with Gasteiger partial charge in [0.15, 0.2) is 5.71 Å². The fourth-order valence-electron chi connectivity index (χ4n) is 8.23. The number of nitrogens with zero attached hydrogens (tertiary/aromatic N) is 2. The third-order valence-electron chi connectivity index (χ3n) is 11.3. The van der Waals surface area contributed by atoms with Crippen LogP contribution in [0.3, 0.4) is 0 Å². The van der Waals surface area contributed by atoms with E-state index in [2.05, 4.69) is 4.72 Å². The Bertz CT molecular complexity index is 2570. The highest BCUT2D eigenvalue weighted by molar-refractivity contribution is 7.89. The van der Waals surface area contributed by atoms with Crippen LogP contribution in [0.5, 0.6) is 0 Å². The van der Waals surface area contributed by atoms with Gasteiger partial charge >= 0.3 is 5.97 Å². The summed E-state index contributed by atoms with van der Waals surface area (Å²) in [5.41, 5.74) is 1.49. The van der Waals surface area contributed by atoms with Crippen LogP contribution in [-0.2, 0) is 65.5 Å². The molecular formula is C41H56N3O15S4-. The number of hydrogen-bond donors (Lipinski definition) is 3. The van der Waals surface area contributed by atoms with Crippen LogP contribution in [0, 0.1) is 0 Å². The van der Waals surface area contributed by atoms with Gasteiger partial charge in [-0.25, -0.2) is 30.0 Å². The van der Waals surface area contributed by atoms with Crippen molar-refractivity contribution in [3.8, 4) is 0 Å². The van der Waals surface area contributed by atoms with E-state index < -0.39 is 73.6 Å². The van der Waals surface area contributed by atoms with E-state index in [0.717, 1.165) is 0 Å². The number of carboxylic acids is 1. The number of rotatable bonds is 26. The van der Waals surface area contributed by atoms with Crippen LogP contribution in [0.2, 0.25) is 0 Å². The molecule has 3 N–H and O–H groups in total. The molecule has 22 heteroatoms. The Morgan fingerprint density at radius 2 is 1.46 bits per heavy atom. The van der Waals surface area contributed by atoms with Gasteiger partial charge in [-0.2, -0.15) is 13.0 Å². The minimum Gasteiger partial charge on any atom is -0.748 e. The second-order valence-corrected chi connectivity index (χ2v) is 22.0. The van der Waals surface area contributed by atoms with Crippen LogP contribution in [0.15, 0.2) is 82.3 Å². The van der Waals surface area contributed by atoms with Gasteiger partial charge in [-0.1, -0.05) is 18.2 Å². The molecular weight excluding hydrogens is 903 g/mol. The molecule has 0 fully saturated rings. The summed E-state index contributed by atoms with van der Waals surface area (Å²) in [5.74, 6) is -2.15. The molecule has 2 aliphatic heterocycles. The summed E-state index contributed by atoms with van der Waals surface area (Å²) in [6, 6.07) is 8.66. The number of allylic oxidation sites excluding steroid dienone is 6. The molecule has 18 nitrogen and oxygen atoms in total. The van der Waals surface area contributed by atoms with Crippen molar-refractivity contribution in [2.24, 2.45) is 0 Å². The SMILES string of the molecule is COCCNS(=O)(=O)c1ccc2c(c1)C(C)(CCCS(=O)(=O)O)C(=CC=CC=CC1=[N+](CCCCCC(=O)O)c3ccc(S(=O)(=O)[O-])cc3C1(C)CCCS(=O)(=O)[O-])N2CCOC. The Morgan fingerprint density at radius 1 is 0.810 bits per heavy atom. The zero-order chi connectivity index (χ0) is 46.9. The number of unbranched alkanes of at least 4 members (excludes halogenated alkanes) is 2. The van der Waals surface area contributed by atoms with Crippen molar-refractivity contribution in [1.29, 1.82) is 0 Å². The first kappa shape index (κ1) is 51.8. The Balaban J connectivity index is 1.83. The molecule has 2 aromatic carbocycles. The van der Waals surface area contributed by atoms with Crippen molar-refractivity contribution in [3.63, 3.8) is 0 Å². The fraction of sp³-hybridized carbons (Fsp3) is 0.512. The number of benzene rings is 2. The smallest absolute Gasteiger partial charge is 0.303 e. The van der Waals surface area contributed by atoms with E-state index in [0.29, 0.717) is 66.3 Å². The Morgan fingerprint density at radius 3 is 2.10 bits per heavy atom. The van der Waals surface area contributed by atoms with Crippen molar-refractivity contribution in [2.45, 2.75) is 85.8 Å². The average Bonchev–Trinajstić information content (AvgIpc) is 3.54. The van der Waals surface area contributed by atoms with E-state index in [-0.39, 0.29) is 56.8 Å². The minimum absolute atomic E-state index is 0.0123. The molecule has 0 spiro atoms. The Labute approximate surface area is 370 Å². The number of ether oxygens (including phenoxy) is 2. The second-order valence-electron chi connectivity index (χ2n) is 15.8. The first-order valence-electron chi connectivity index (χ1n) is 20.2. The molecule has 350 valence electrons. The predicted molar refractivity (Wildman–Crippen MR) is 234 cm³/mol. The maximum absolute atomic E-state index is 13.3. The topological polar surface area (TPSA) is 277 Å². The molecule has 0 aromatic heterocycles. The highest BCUT2D eigenvalue weighted by Gasteiger charge is 2.48. The largest absolute Gasteiger partial charge is 0.748 e. The van der Waals surface area contributed by atoms with Gasteiger partial charge in [-0.3, -0.25) is 9.35 Å². The molecule has 0 aliphatic carbocycles. The van der Waals surface area contributed by atoms with Crippen LogP contribution in [0.1, 0.15) is 76.3 Å². The molecule has 4 rings (SSSR count). The molecule has 2 heterocycles. The summed E-state index contributed by atoms with van der Waals surface area (Å²) in [5, 5.41) is 9.13. The summed E-state index contributed by atoms with van der Waals surface area (Å²) in [6.45, 7) is 4.76. The number of nitrogens with one attached hydrogen (secondary N) is 1. The molecule has 2 aliphatic rings. The van der Waals surface area contributed by atoms with Crippen molar-refractivity contribution in [3.05, 3.63) is 83.6 Å². The number of carboxylic acid groups (broad SMARTS) is 1. The number of hydrogen-bond acceptors (Lipinski definition) is 14. The summed E-state index contributed by atoms with van der Waals surface area (Å²) < 4.78 is 146.